The molecule has 0 amide bonds. The van der Waals surface area contributed by atoms with E-state index in [-0.39, 0.29) is 17.1 Å². The number of ether oxygens (including phenoxy) is 1. The summed E-state index contributed by atoms with van der Waals surface area (Å²) in [5.41, 5.74) is 3.37. The summed E-state index contributed by atoms with van der Waals surface area (Å²) in [6.07, 6.45) is 0.702. The number of hydrogen-bond acceptors (Lipinski definition) is 5. The fourth-order valence-electron chi connectivity index (χ4n) is 3.88. The predicted octanol–water partition coefficient (Wildman–Crippen LogP) is 4.41. The number of rotatable bonds is 9. The molecule has 0 aliphatic carbocycles. The number of ketones is 1. The first-order chi connectivity index (χ1) is 14.3. The number of aryl methyl sites for hydroxylation is 1. The lowest BCUT2D eigenvalue weighted by atomic mass is 10.2. The number of thioether (sulfide) groups is 1. The molecule has 0 saturated heterocycles. The molecule has 160 valence electrons. The lowest BCUT2D eigenvalue weighted by Gasteiger charge is -2.14. The highest BCUT2D eigenvalue weighted by Gasteiger charge is 2.19. The Hall–Kier alpha value is -2.38. The van der Waals surface area contributed by atoms with Crippen molar-refractivity contribution in [3.05, 3.63) is 57.6 Å². The molecule has 3 aromatic rings. The minimum atomic E-state index is -0.0790. The molecule has 0 radical (unpaired) electrons. The Balaban J connectivity index is 1.89. The van der Waals surface area contributed by atoms with Crippen LogP contribution in [0.5, 0.6) is 0 Å². The van der Waals surface area contributed by atoms with Gasteiger partial charge < -0.3 is 9.30 Å². The van der Waals surface area contributed by atoms with Gasteiger partial charge in [0.25, 0.3) is 5.56 Å². The molecular formula is C23H29N3O3S. The molecule has 1 aromatic carbocycles. The molecule has 0 bridgehead atoms. The number of carbonyl (C=O) groups excluding carboxylic acids is 1. The molecule has 0 spiro atoms. The molecule has 0 unspecified atom stereocenters. The van der Waals surface area contributed by atoms with Crippen LogP contribution in [0.1, 0.15) is 48.1 Å². The van der Waals surface area contributed by atoms with Crippen molar-refractivity contribution in [2.24, 2.45) is 0 Å². The minimum Gasteiger partial charge on any atom is -0.385 e. The van der Waals surface area contributed by atoms with Crippen molar-refractivity contribution in [3.63, 3.8) is 0 Å². The van der Waals surface area contributed by atoms with Crippen LogP contribution in [0.3, 0.4) is 0 Å². The zero-order chi connectivity index (χ0) is 21.8. The molecule has 0 aliphatic rings. The molecule has 0 saturated carbocycles. The maximum atomic E-state index is 13.0. The van der Waals surface area contributed by atoms with E-state index < -0.39 is 0 Å². The first kappa shape index (κ1) is 22.3. The Kier molecular flexibility index (Phi) is 7.15. The average Bonchev–Trinajstić information content (AvgIpc) is 3.02. The van der Waals surface area contributed by atoms with Crippen molar-refractivity contribution in [1.29, 1.82) is 0 Å². The van der Waals surface area contributed by atoms with Gasteiger partial charge in [0.05, 0.1) is 16.7 Å². The maximum Gasteiger partial charge on any atom is 0.262 e. The molecule has 0 aliphatic heterocycles. The number of hydrogen-bond donors (Lipinski definition) is 0. The second kappa shape index (κ2) is 9.62. The smallest absolute Gasteiger partial charge is 0.262 e. The van der Waals surface area contributed by atoms with Crippen LogP contribution in [-0.2, 0) is 11.3 Å². The van der Waals surface area contributed by atoms with E-state index in [0.717, 1.165) is 17.0 Å². The molecule has 7 heteroatoms. The molecule has 6 nitrogen and oxygen atoms in total. The number of nitrogens with zero attached hydrogens (tertiary/aromatic N) is 3. The molecule has 3 rings (SSSR count). The second-order valence-corrected chi connectivity index (χ2v) is 8.62. The largest absolute Gasteiger partial charge is 0.385 e. The number of fused-ring (bicyclic) bond motifs is 1. The van der Waals surface area contributed by atoms with E-state index in [1.807, 2.05) is 38.1 Å². The van der Waals surface area contributed by atoms with Crippen LogP contribution in [0.4, 0.5) is 0 Å². The third kappa shape index (κ3) is 4.52. The summed E-state index contributed by atoms with van der Waals surface area (Å²) in [5, 5.41) is 1.16. The number of methoxy groups -OCH3 is 1. The summed E-state index contributed by atoms with van der Waals surface area (Å²) in [6.45, 7) is 9.29. The van der Waals surface area contributed by atoms with E-state index in [9.17, 15) is 9.59 Å². The van der Waals surface area contributed by atoms with E-state index in [1.165, 1.54) is 11.8 Å². The van der Waals surface area contributed by atoms with Crippen LogP contribution < -0.4 is 5.56 Å². The first-order valence-electron chi connectivity index (χ1n) is 10.2. The Labute approximate surface area is 181 Å². The fraction of sp³-hybridized carbons (Fsp3) is 0.435. The molecule has 0 fully saturated rings. The summed E-state index contributed by atoms with van der Waals surface area (Å²) in [7, 11) is 1.64. The van der Waals surface area contributed by atoms with Crippen LogP contribution >= 0.6 is 11.8 Å². The quantitative estimate of drug-likeness (QED) is 0.219. The fourth-order valence-corrected chi connectivity index (χ4v) is 4.79. The van der Waals surface area contributed by atoms with Crippen molar-refractivity contribution in [1.82, 2.24) is 14.1 Å². The van der Waals surface area contributed by atoms with Crippen molar-refractivity contribution in [2.75, 3.05) is 19.5 Å². The van der Waals surface area contributed by atoms with E-state index in [2.05, 4.69) is 23.4 Å². The first-order valence-corrected chi connectivity index (χ1v) is 11.2. The van der Waals surface area contributed by atoms with Gasteiger partial charge in [-0.1, -0.05) is 23.9 Å². The van der Waals surface area contributed by atoms with Crippen LogP contribution in [0, 0.1) is 13.8 Å². The summed E-state index contributed by atoms with van der Waals surface area (Å²) in [6, 6.07) is 9.58. The summed E-state index contributed by atoms with van der Waals surface area (Å²) < 4.78 is 8.97. The number of benzene rings is 1. The molecule has 2 aromatic heterocycles. The van der Waals surface area contributed by atoms with Crippen LogP contribution in [-0.4, -0.2) is 39.4 Å². The van der Waals surface area contributed by atoms with Gasteiger partial charge in [-0.25, -0.2) is 4.98 Å². The Morgan fingerprint density at radius 1 is 1.23 bits per heavy atom. The third-order valence-electron chi connectivity index (χ3n) is 5.19. The van der Waals surface area contributed by atoms with E-state index in [0.29, 0.717) is 41.7 Å². The number of Topliss-reactive ketones (excluding diaryl/α,β-unsaturated/α-hetero) is 1. The van der Waals surface area contributed by atoms with E-state index >= 15 is 0 Å². The van der Waals surface area contributed by atoms with Crippen LogP contribution in [0.2, 0.25) is 0 Å². The van der Waals surface area contributed by atoms with Gasteiger partial charge in [0.2, 0.25) is 0 Å². The van der Waals surface area contributed by atoms with Gasteiger partial charge in [-0.3, -0.25) is 14.2 Å². The summed E-state index contributed by atoms with van der Waals surface area (Å²) in [4.78, 5) is 30.7. The molecule has 0 atom stereocenters. The molecule has 30 heavy (non-hydrogen) atoms. The van der Waals surface area contributed by atoms with Crippen LogP contribution in [0.15, 0.2) is 40.3 Å². The summed E-state index contributed by atoms with van der Waals surface area (Å²) >= 11 is 1.32. The SMILES string of the molecule is COCCCn1c(SCC(=O)c2cc(C)n(C(C)C)c2C)nc2ccccc2c1=O. The van der Waals surface area contributed by atoms with Crippen molar-refractivity contribution >= 4 is 28.4 Å². The van der Waals surface area contributed by atoms with Gasteiger partial charge in [-0.05, 0) is 52.3 Å². The number of para-hydroxylation sites is 1. The van der Waals surface area contributed by atoms with Crippen LogP contribution in [0.25, 0.3) is 10.9 Å². The van der Waals surface area contributed by atoms with E-state index in [1.54, 1.807) is 17.7 Å². The highest BCUT2D eigenvalue weighted by Crippen LogP contribution is 2.24. The lowest BCUT2D eigenvalue weighted by Crippen LogP contribution is -2.24. The zero-order valence-corrected chi connectivity index (χ0v) is 19.1. The van der Waals surface area contributed by atoms with Gasteiger partial charge >= 0.3 is 0 Å². The number of aromatic nitrogens is 3. The lowest BCUT2D eigenvalue weighted by molar-refractivity contribution is 0.102. The summed E-state index contributed by atoms with van der Waals surface area (Å²) in [5.74, 6) is 0.281. The molecular weight excluding hydrogens is 398 g/mol. The Morgan fingerprint density at radius 2 is 1.97 bits per heavy atom. The second-order valence-electron chi connectivity index (χ2n) is 7.68. The number of carbonyl (C=O) groups is 1. The molecule has 2 heterocycles. The third-order valence-corrected chi connectivity index (χ3v) is 6.17. The van der Waals surface area contributed by atoms with Crippen molar-refractivity contribution < 1.29 is 9.53 Å². The minimum absolute atomic E-state index is 0.0471. The van der Waals surface area contributed by atoms with Gasteiger partial charge in [-0.15, -0.1) is 0 Å². The van der Waals surface area contributed by atoms with Gasteiger partial charge in [-0.2, -0.15) is 0 Å². The monoisotopic (exact) mass is 427 g/mol. The Bertz CT molecular complexity index is 1110. The predicted molar refractivity (Wildman–Crippen MR) is 122 cm³/mol. The maximum absolute atomic E-state index is 13.0. The zero-order valence-electron chi connectivity index (χ0n) is 18.3. The van der Waals surface area contributed by atoms with Gasteiger partial charge in [0, 0.05) is 43.3 Å². The Morgan fingerprint density at radius 3 is 2.63 bits per heavy atom. The van der Waals surface area contributed by atoms with E-state index in [4.69, 9.17) is 4.74 Å². The highest BCUT2D eigenvalue weighted by atomic mass is 32.2. The topological polar surface area (TPSA) is 66.1 Å². The highest BCUT2D eigenvalue weighted by molar-refractivity contribution is 7.99. The van der Waals surface area contributed by atoms with Gasteiger partial charge in [0.1, 0.15) is 0 Å². The normalized spacial score (nSPS) is 11.5. The van der Waals surface area contributed by atoms with Crippen molar-refractivity contribution in [3.8, 4) is 0 Å². The van der Waals surface area contributed by atoms with Crippen molar-refractivity contribution in [2.45, 2.75) is 51.9 Å². The molecule has 0 N–H and O–H groups in total. The van der Waals surface area contributed by atoms with Gasteiger partial charge in [0.15, 0.2) is 10.9 Å². The average molecular weight is 428 g/mol. The standard InChI is InChI=1S/C23H29N3O3S/c1-15(2)26-16(3)13-19(17(26)4)21(27)14-30-23-24-20-10-7-6-9-18(20)22(28)25(23)11-8-12-29-5/h6-7,9-10,13,15H,8,11-12,14H2,1-5H3.